The van der Waals surface area contributed by atoms with Gasteiger partial charge in [-0.3, -0.25) is 4.79 Å². The van der Waals surface area contributed by atoms with Gasteiger partial charge in [-0.1, -0.05) is 12.1 Å². The van der Waals surface area contributed by atoms with Gasteiger partial charge in [0.1, 0.15) is 12.1 Å². The van der Waals surface area contributed by atoms with Gasteiger partial charge < -0.3 is 14.9 Å². The molecule has 0 amide bonds. The third kappa shape index (κ3) is 3.41. The zero-order valence-electron chi connectivity index (χ0n) is 12.0. The number of ketones is 1. The van der Waals surface area contributed by atoms with Crippen molar-refractivity contribution < 1.29 is 18.7 Å². The Kier molecular flexibility index (Phi) is 4.11. The van der Waals surface area contributed by atoms with Crippen molar-refractivity contribution >= 4 is 5.78 Å². The van der Waals surface area contributed by atoms with Crippen molar-refractivity contribution in [2.45, 2.75) is 6.42 Å². The summed E-state index contributed by atoms with van der Waals surface area (Å²) in [6, 6.07) is 6.13. The molecule has 1 aromatic carbocycles. The third-order valence-corrected chi connectivity index (χ3v) is 3.29. The molecule has 3 rings (SSSR count). The normalized spacial score (nSPS) is 14.1. The number of aliphatic hydroxyl groups excluding tert-OH is 1. The van der Waals surface area contributed by atoms with Crippen LogP contribution in [0.2, 0.25) is 0 Å². The first-order valence-electron chi connectivity index (χ1n) is 6.85. The molecule has 6 nitrogen and oxygen atoms in total. The van der Waals surface area contributed by atoms with Crippen LogP contribution >= 0.6 is 0 Å². The first kappa shape index (κ1) is 14.9. The monoisotopic (exact) mass is 315 g/mol. The predicted molar refractivity (Wildman–Crippen MR) is 80.2 cm³/mol. The van der Waals surface area contributed by atoms with Crippen LogP contribution in [0.1, 0.15) is 21.5 Å². The van der Waals surface area contributed by atoms with Crippen molar-refractivity contribution in [1.29, 1.82) is 0 Å². The molecule has 1 aliphatic rings. The molecule has 0 aliphatic carbocycles. The minimum absolute atomic E-state index is 0.269. The van der Waals surface area contributed by atoms with Crippen LogP contribution < -0.4 is 11.0 Å². The van der Waals surface area contributed by atoms with Crippen molar-refractivity contribution in [3.05, 3.63) is 83.7 Å². The molecule has 2 heterocycles. The summed E-state index contributed by atoms with van der Waals surface area (Å²) in [6.45, 7) is 0. The van der Waals surface area contributed by atoms with E-state index in [1.165, 1.54) is 35.9 Å². The standard InChI is InChI=1S/C16H14FN3O3/c17-13-3-1-2-11(7-13)6-12-9-23-10-14(12)15(21)8-16(22)20-5-4-18-19-20/h1-5,7-10,18-19,22H,6H2. The molecule has 0 unspecified atom stereocenters. The Hall–Kier alpha value is -3.06. The number of hydrogen-bond acceptors (Lipinski definition) is 6. The van der Waals surface area contributed by atoms with Crippen LogP contribution in [-0.2, 0) is 6.42 Å². The van der Waals surface area contributed by atoms with Gasteiger partial charge in [0, 0.05) is 30.5 Å². The molecule has 0 atom stereocenters. The highest BCUT2D eigenvalue weighted by molar-refractivity contribution is 6.05. The Morgan fingerprint density at radius 2 is 2.26 bits per heavy atom. The number of aliphatic hydroxyl groups is 1. The number of carbonyl (C=O) groups is 1. The molecule has 0 saturated carbocycles. The van der Waals surface area contributed by atoms with E-state index >= 15 is 0 Å². The molecule has 1 aromatic heterocycles. The second-order valence-electron chi connectivity index (χ2n) is 4.93. The van der Waals surface area contributed by atoms with Crippen molar-refractivity contribution in [1.82, 2.24) is 16.0 Å². The summed E-state index contributed by atoms with van der Waals surface area (Å²) in [6.07, 6.45) is 7.26. The lowest BCUT2D eigenvalue weighted by molar-refractivity contribution is 0.103. The lowest BCUT2D eigenvalue weighted by atomic mass is 10.0. The summed E-state index contributed by atoms with van der Waals surface area (Å²) in [5.41, 5.74) is 6.90. The molecule has 0 fully saturated rings. The fourth-order valence-electron chi connectivity index (χ4n) is 2.20. The highest BCUT2D eigenvalue weighted by Crippen LogP contribution is 2.18. The van der Waals surface area contributed by atoms with Crippen molar-refractivity contribution in [3.8, 4) is 0 Å². The maximum Gasteiger partial charge on any atom is 0.211 e. The maximum atomic E-state index is 13.2. The fraction of sp³-hybridized carbons (Fsp3) is 0.0625. The zero-order chi connectivity index (χ0) is 16.2. The number of rotatable bonds is 5. The Morgan fingerprint density at radius 1 is 1.39 bits per heavy atom. The van der Waals surface area contributed by atoms with Crippen LogP contribution in [0.3, 0.4) is 0 Å². The van der Waals surface area contributed by atoms with E-state index in [2.05, 4.69) is 11.0 Å². The summed E-state index contributed by atoms with van der Waals surface area (Å²) < 4.78 is 18.3. The van der Waals surface area contributed by atoms with E-state index in [1.807, 2.05) is 0 Å². The van der Waals surface area contributed by atoms with Crippen LogP contribution in [0.5, 0.6) is 0 Å². The molecule has 2 aromatic rings. The maximum absolute atomic E-state index is 13.2. The molecule has 23 heavy (non-hydrogen) atoms. The van der Waals surface area contributed by atoms with E-state index in [0.29, 0.717) is 17.5 Å². The predicted octanol–water partition coefficient (Wildman–Crippen LogP) is 2.39. The average Bonchev–Trinajstić information content (AvgIpc) is 3.18. The number of furan rings is 1. The summed E-state index contributed by atoms with van der Waals surface area (Å²) in [4.78, 5) is 12.3. The second-order valence-corrected chi connectivity index (χ2v) is 4.93. The molecule has 0 saturated heterocycles. The number of carbonyl (C=O) groups excluding carboxylic acids is 1. The minimum atomic E-state index is -0.412. The molecule has 0 radical (unpaired) electrons. The van der Waals surface area contributed by atoms with Crippen LogP contribution in [-0.4, -0.2) is 15.9 Å². The Balaban J connectivity index is 1.78. The fourth-order valence-corrected chi connectivity index (χ4v) is 2.20. The molecule has 118 valence electrons. The van der Waals surface area contributed by atoms with Crippen LogP contribution in [0.4, 0.5) is 4.39 Å². The van der Waals surface area contributed by atoms with E-state index in [-0.39, 0.29) is 11.7 Å². The molecule has 3 N–H and O–H groups in total. The Labute approximate surface area is 131 Å². The topological polar surface area (TPSA) is 77.7 Å². The Morgan fingerprint density at radius 3 is 3.00 bits per heavy atom. The summed E-state index contributed by atoms with van der Waals surface area (Å²) in [5.74, 6) is -1.02. The number of benzene rings is 1. The van der Waals surface area contributed by atoms with Gasteiger partial charge in [-0.15, -0.1) is 5.53 Å². The molecule has 0 bridgehead atoms. The van der Waals surface area contributed by atoms with Gasteiger partial charge >= 0.3 is 0 Å². The highest BCUT2D eigenvalue weighted by Gasteiger charge is 2.16. The third-order valence-electron chi connectivity index (χ3n) is 3.29. The first-order chi connectivity index (χ1) is 11.1. The van der Waals surface area contributed by atoms with Crippen molar-refractivity contribution in [3.63, 3.8) is 0 Å². The van der Waals surface area contributed by atoms with Crippen molar-refractivity contribution in [2.24, 2.45) is 0 Å². The number of halogens is 1. The smallest absolute Gasteiger partial charge is 0.211 e. The van der Waals surface area contributed by atoms with Gasteiger partial charge in [0.25, 0.3) is 0 Å². The van der Waals surface area contributed by atoms with Crippen LogP contribution in [0.25, 0.3) is 0 Å². The second kappa shape index (κ2) is 6.37. The lowest BCUT2D eigenvalue weighted by Crippen LogP contribution is -2.35. The van der Waals surface area contributed by atoms with Crippen LogP contribution in [0.15, 0.2) is 65.6 Å². The van der Waals surface area contributed by atoms with Gasteiger partial charge in [-0.2, -0.15) is 0 Å². The van der Waals surface area contributed by atoms with Gasteiger partial charge in [-0.25, -0.2) is 9.40 Å². The van der Waals surface area contributed by atoms with E-state index in [1.54, 1.807) is 18.3 Å². The summed E-state index contributed by atoms with van der Waals surface area (Å²) in [5, 5.41) is 11.1. The minimum Gasteiger partial charge on any atom is -0.493 e. The average molecular weight is 315 g/mol. The van der Waals surface area contributed by atoms with Gasteiger partial charge in [0.05, 0.1) is 11.8 Å². The molecule has 1 aliphatic heterocycles. The number of nitrogens with zero attached hydrogens (tertiary/aromatic N) is 1. The summed E-state index contributed by atoms with van der Waals surface area (Å²) >= 11 is 0. The van der Waals surface area contributed by atoms with Crippen molar-refractivity contribution in [2.75, 3.05) is 0 Å². The molecular formula is C16H14FN3O3. The number of nitrogens with one attached hydrogen (secondary N) is 2. The van der Waals surface area contributed by atoms with E-state index in [9.17, 15) is 14.3 Å². The largest absolute Gasteiger partial charge is 0.493 e. The van der Waals surface area contributed by atoms with Gasteiger partial charge in [0.2, 0.25) is 5.88 Å². The molecular weight excluding hydrogens is 301 g/mol. The van der Waals surface area contributed by atoms with E-state index in [0.717, 1.165) is 11.6 Å². The van der Waals surface area contributed by atoms with Gasteiger partial charge in [0.15, 0.2) is 5.78 Å². The number of allylic oxidation sites excluding steroid dienone is 1. The zero-order valence-corrected chi connectivity index (χ0v) is 12.0. The van der Waals surface area contributed by atoms with E-state index < -0.39 is 5.78 Å². The van der Waals surface area contributed by atoms with Crippen LogP contribution in [0, 0.1) is 5.82 Å². The Bertz CT molecular complexity index is 782. The highest BCUT2D eigenvalue weighted by atomic mass is 19.1. The molecule has 0 spiro atoms. The van der Waals surface area contributed by atoms with E-state index in [4.69, 9.17) is 4.42 Å². The first-order valence-corrected chi connectivity index (χ1v) is 6.85. The number of hydrogen-bond donors (Lipinski definition) is 3. The summed E-state index contributed by atoms with van der Waals surface area (Å²) in [7, 11) is 0. The number of hydrazine groups is 2. The SMILES string of the molecule is O=C(C=C(O)N1C=CNN1)c1cocc1Cc1cccc(F)c1. The lowest BCUT2D eigenvalue weighted by Gasteiger charge is -2.13. The molecule has 7 heteroatoms. The van der Waals surface area contributed by atoms with Gasteiger partial charge in [-0.05, 0) is 17.7 Å². The quantitative estimate of drug-likeness (QED) is 0.447.